The molecular weight excluding hydrogens is 312 g/mol. The van der Waals surface area contributed by atoms with Crippen LogP contribution in [-0.2, 0) is 18.5 Å². The number of carbonyl (C=O) groups is 1. The van der Waals surface area contributed by atoms with Crippen molar-refractivity contribution in [3.63, 3.8) is 0 Å². The summed E-state index contributed by atoms with van der Waals surface area (Å²) in [6.45, 7) is 0.743. The summed E-state index contributed by atoms with van der Waals surface area (Å²) in [5.74, 6) is 0.434. The quantitative estimate of drug-likeness (QED) is 0.790. The Hall–Kier alpha value is -2.52. The van der Waals surface area contributed by atoms with Crippen LogP contribution in [0.25, 0.3) is 0 Å². The highest BCUT2D eigenvalue weighted by Crippen LogP contribution is 2.28. The van der Waals surface area contributed by atoms with E-state index >= 15 is 0 Å². The summed E-state index contributed by atoms with van der Waals surface area (Å²) in [5.41, 5.74) is 4.02. The molecule has 1 aliphatic rings. The highest BCUT2D eigenvalue weighted by Gasteiger charge is 2.35. The van der Waals surface area contributed by atoms with Crippen LogP contribution in [0.15, 0.2) is 30.3 Å². The summed E-state index contributed by atoms with van der Waals surface area (Å²) in [7, 11) is 1.66. The number of piperidine rings is 1. The third-order valence-corrected chi connectivity index (χ3v) is 3.98. The van der Waals surface area contributed by atoms with Crippen LogP contribution in [0.5, 0.6) is 0 Å². The van der Waals surface area contributed by atoms with Crippen molar-refractivity contribution in [3.05, 3.63) is 41.7 Å². The lowest BCUT2D eigenvalue weighted by Crippen LogP contribution is -2.49. The highest BCUT2D eigenvalue weighted by atomic mass is 16.6. The van der Waals surface area contributed by atoms with Crippen molar-refractivity contribution in [2.24, 2.45) is 7.05 Å². The molecule has 3 rings (SSSR count). The van der Waals surface area contributed by atoms with E-state index in [1.807, 2.05) is 30.3 Å². The maximum Gasteiger partial charge on any atom is 0.407 e. The number of carboxylic acid groups (broad SMARTS) is 1. The molecule has 0 spiro atoms. The molecule has 2 N–H and O–H groups in total. The summed E-state index contributed by atoms with van der Waals surface area (Å²) in [5, 5.41) is 21.3. The Labute approximate surface area is 139 Å². The topological polar surface area (TPSA) is 105 Å². The molecule has 9 heteroatoms. The maximum absolute atomic E-state index is 11.6. The van der Waals surface area contributed by atoms with E-state index in [0.717, 1.165) is 12.0 Å². The van der Waals surface area contributed by atoms with Gasteiger partial charge in [0.25, 0.3) is 0 Å². The molecule has 2 atom stereocenters. The first kappa shape index (κ1) is 16.3. The number of rotatable bonds is 5. The number of hydroxylamine groups is 1. The monoisotopic (exact) mass is 332 g/mol. The highest BCUT2D eigenvalue weighted by molar-refractivity contribution is 5.65. The predicted molar refractivity (Wildman–Crippen MR) is 83.7 cm³/mol. The molecule has 128 valence electrons. The molecule has 1 amide bonds. The number of hydrogen-bond acceptors (Lipinski definition) is 6. The molecule has 9 nitrogen and oxygen atoms in total. The Morgan fingerprint density at radius 1 is 1.38 bits per heavy atom. The van der Waals surface area contributed by atoms with Crippen molar-refractivity contribution in [2.45, 2.75) is 31.5 Å². The Kier molecular flexibility index (Phi) is 5.02. The van der Waals surface area contributed by atoms with Crippen LogP contribution in [0.4, 0.5) is 4.79 Å². The summed E-state index contributed by atoms with van der Waals surface area (Å²) >= 11 is 0. The fourth-order valence-electron chi connectivity index (χ4n) is 2.80. The molecule has 24 heavy (non-hydrogen) atoms. The lowest BCUT2D eigenvalue weighted by Gasteiger charge is -2.36. The number of nitrogens with one attached hydrogen (secondary N) is 1. The molecule has 0 aliphatic carbocycles. The summed E-state index contributed by atoms with van der Waals surface area (Å²) in [6.07, 6.45) is 0.383. The second-order valence-corrected chi connectivity index (χ2v) is 5.75. The van der Waals surface area contributed by atoms with Gasteiger partial charge >= 0.3 is 6.09 Å². The first-order valence-electron chi connectivity index (χ1n) is 7.78. The van der Waals surface area contributed by atoms with E-state index in [1.165, 1.54) is 9.70 Å². The van der Waals surface area contributed by atoms with Crippen LogP contribution in [0.2, 0.25) is 0 Å². The maximum atomic E-state index is 11.6. The molecule has 0 unspecified atom stereocenters. The number of nitrogens with zero attached hydrogens (tertiary/aromatic N) is 5. The lowest BCUT2D eigenvalue weighted by atomic mass is 9.99. The van der Waals surface area contributed by atoms with Crippen LogP contribution in [0.1, 0.15) is 30.3 Å². The summed E-state index contributed by atoms with van der Waals surface area (Å²) < 4.78 is 0. The first-order chi connectivity index (χ1) is 11.6. The van der Waals surface area contributed by atoms with E-state index in [4.69, 9.17) is 4.84 Å². The van der Waals surface area contributed by atoms with Gasteiger partial charge in [-0.05, 0) is 23.6 Å². The summed E-state index contributed by atoms with van der Waals surface area (Å²) in [6, 6.07) is 9.35. The van der Waals surface area contributed by atoms with E-state index in [2.05, 4.69) is 20.9 Å². The second kappa shape index (κ2) is 7.37. The third kappa shape index (κ3) is 3.87. The Bertz CT molecular complexity index is 677. The SMILES string of the molecule is Cn1nnc([C@H]2CC[C@H](NOCc3ccccc3)CN2C(=O)O)n1. The van der Waals surface area contributed by atoms with Gasteiger partial charge in [0.15, 0.2) is 5.82 Å². The van der Waals surface area contributed by atoms with Gasteiger partial charge in [0.1, 0.15) is 0 Å². The van der Waals surface area contributed by atoms with Crippen LogP contribution >= 0.6 is 0 Å². The van der Waals surface area contributed by atoms with Gasteiger partial charge in [-0.1, -0.05) is 30.3 Å². The first-order valence-corrected chi connectivity index (χ1v) is 7.78. The number of hydrogen-bond donors (Lipinski definition) is 2. The van der Waals surface area contributed by atoms with Gasteiger partial charge in [0, 0.05) is 6.54 Å². The van der Waals surface area contributed by atoms with Crippen molar-refractivity contribution in [1.82, 2.24) is 30.6 Å². The average Bonchev–Trinajstić information content (AvgIpc) is 3.02. The van der Waals surface area contributed by atoms with Crippen molar-refractivity contribution in [2.75, 3.05) is 6.54 Å². The third-order valence-electron chi connectivity index (χ3n) is 3.98. The van der Waals surface area contributed by atoms with E-state index in [1.54, 1.807) is 7.05 Å². The van der Waals surface area contributed by atoms with Crippen molar-refractivity contribution in [3.8, 4) is 0 Å². The number of benzene rings is 1. The zero-order chi connectivity index (χ0) is 16.9. The number of aromatic nitrogens is 4. The molecule has 1 aromatic carbocycles. The van der Waals surface area contributed by atoms with E-state index in [-0.39, 0.29) is 12.1 Å². The molecule has 0 saturated carbocycles. The molecule has 1 fully saturated rings. The van der Waals surface area contributed by atoms with Crippen LogP contribution in [0, 0.1) is 0 Å². The minimum Gasteiger partial charge on any atom is -0.465 e. The Morgan fingerprint density at radius 3 is 2.83 bits per heavy atom. The van der Waals surface area contributed by atoms with Gasteiger partial charge in [-0.3, -0.25) is 9.74 Å². The van der Waals surface area contributed by atoms with Gasteiger partial charge in [-0.25, -0.2) is 4.79 Å². The number of tetrazole rings is 1. The Balaban J connectivity index is 1.56. The second-order valence-electron chi connectivity index (χ2n) is 5.75. The fourth-order valence-corrected chi connectivity index (χ4v) is 2.80. The van der Waals surface area contributed by atoms with Gasteiger partial charge in [-0.2, -0.15) is 10.3 Å². The van der Waals surface area contributed by atoms with Crippen molar-refractivity contribution < 1.29 is 14.7 Å². The van der Waals surface area contributed by atoms with Gasteiger partial charge in [-0.15, -0.1) is 10.2 Å². The van der Waals surface area contributed by atoms with Crippen LogP contribution in [0.3, 0.4) is 0 Å². The zero-order valence-electron chi connectivity index (χ0n) is 13.4. The fraction of sp³-hybridized carbons (Fsp3) is 0.467. The van der Waals surface area contributed by atoms with Crippen molar-refractivity contribution >= 4 is 6.09 Å². The molecule has 1 saturated heterocycles. The van der Waals surface area contributed by atoms with Crippen LogP contribution in [-0.4, -0.2) is 48.9 Å². The minimum atomic E-state index is -0.998. The van der Waals surface area contributed by atoms with E-state index in [0.29, 0.717) is 25.4 Å². The number of likely N-dealkylation sites (tertiary alicyclic amines) is 1. The van der Waals surface area contributed by atoms with Gasteiger partial charge in [0.2, 0.25) is 0 Å². The molecule has 2 heterocycles. The summed E-state index contributed by atoms with van der Waals surface area (Å²) in [4.78, 5) is 19.7. The van der Waals surface area contributed by atoms with Gasteiger partial charge < -0.3 is 5.11 Å². The van der Waals surface area contributed by atoms with E-state index < -0.39 is 6.09 Å². The normalized spacial score (nSPS) is 21.0. The average molecular weight is 332 g/mol. The molecule has 0 bridgehead atoms. The molecular formula is C15H20N6O3. The minimum absolute atomic E-state index is 0.0715. The lowest BCUT2D eigenvalue weighted by molar-refractivity contribution is -0.0215. The molecule has 1 aliphatic heterocycles. The predicted octanol–water partition coefficient (Wildman–Crippen LogP) is 1.11. The zero-order valence-corrected chi connectivity index (χ0v) is 13.4. The van der Waals surface area contributed by atoms with Gasteiger partial charge in [0.05, 0.1) is 25.7 Å². The molecule has 1 aromatic heterocycles. The number of aryl methyl sites for hydroxylation is 1. The largest absolute Gasteiger partial charge is 0.465 e. The molecule has 0 radical (unpaired) electrons. The van der Waals surface area contributed by atoms with Crippen LogP contribution < -0.4 is 5.48 Å². The smallest absolute Gasteiger partial charge is 0.407 e. The number of amides is 1. The van der Waals surface area contributed by atoms with E-state index in [9.17, 15) is 9.90 Å². The Morgan fingerprint density at radius 2 is 2.17 bits per heavy atom. The molecule has 2 aromatic rings. The van der Waals surface area contributed by atoms with Crippen molar-refractivity contribution in [1.29, 1.82) is 0 Å². The standard InChI is InChI=1S/C15H20N6O3/c1-20-17-14(16-19-20)13-8-7-12(9-21(13)15(22)23)18-24-10-11-5-3-2-4-6-11/h2-6,12-13,18H,7-10H2,1H3,(H,22,23)/t12-,13+/m0/s1.